The summed E-state index contributed by atoms with van der Waals surface area (Å²) in [4.78, 5) is 24.8. The Labute approximate surface area is 163 Å². The highest BCUT2D eigenvalue weighted by molar-refractivity contribution is 7.21. The zero-order valence-corrected chi connectivity index (χ0v) is 15.5. The lowest BCUT2D eigenvalue weighted by atomic mass is 10.2. The zero-order valence-electron chi connectivity index (χ0n) is 14.0. The molecule has 136 valence electrons. The molecule has 0 saturated heterocycles. The summed E-state index contributed by atoms with van der Waals surface area (Å²) >= 11 is 7.58. The molecule has 0 bridgehead atoms. The average Bonchev–Trinajstić information content (AvgIpc) is 3.26. The molecule has 0 unspecified atom stereocenters. The third-order valence-corrected chi connectivity index (χ3v) is 5.65. The molecule has 0 fully saturated rings. The zero-order chi connectivity index (χ0) is 18.8. The van der Waals surface area contributed by atoms with E-state index in [1.807, 2.05) is 48.7 Å². The molecule has 4 aromatic rings. The van der Waals surface area contributed by atoms with Crippen molar-refractivity contribution in [2.75, 3.05) is 6.54 Å². The minimum Gasteiger partial charge on any atom is -0.347 e. The number of aromatic nitrogens is 3. The Kier molecular flexibility index (Phi) is 4.74. The molecule has 4 rings (SSSR count). The second kappa shape index (κ2) is 7.34. The topological polar surface area (TPSA) is 88.4 Å². The Morgan fingerprint density at radius 1 is 1.07 bits per heavy atom. The summed E-state index contributed by atoms with van der Waals surface area (Å²) < 4.78 is 2.71. The molecule has 0 spiro atoms. The van der Waals surface area contributed by atoms with Gasteiger partial charge in [-0.05, 0) is 18.2 Å². The minimum absolute atomic E-state index is 0.153. The summed E-state index contributed by atoms with van der Waals surface area (Å²) in [6, 6.07) is 13.1. The van der Waals surface area contributed by atoms with Gasteiger partial charge in [-0.2, -0.15) is 0 Å². The number of amides is 2. The smallest absolute Gasteiger partial charge is 0.263 e. The summed E-state index contributed by atoms with van der Waals surface area (Å²) in [5.74, 6) is -0.0876. The highest BCUT2D eigenvalue weighted by atomic mass is 35.5. The third kappa shape index (κ3) is 3.49. The Hall–Kier alpha value is -2.97. The van der Waals surface area contributed by atoms with Gasteiger partial charge in [-0.3, -0.25) is 14.0 Å². The molecule has 0 saturated carbocycles. The van der Waals surface area contributed by atoms with Crippen LogP contribution in [0.1, 0.15) is 15.5 Å². The first kappa shape index (κ1) is 17.4. The van der Waals surface area contributed by atoms with Gasteiger partial charge in [0, 0.05) is 16.3 Å². The molecule has 2 N–H and O–H groups in total. The predicted molar refractivity (Wildman–Crippen MR) is 104 cm³/mol. The Bertz CT molecular complexity index is 1150. The number of rotatable bonds is 5. The summed E-state index contributed by atoms with van der Waals surface area (Å²) in [6.07, 6.45) is 1.82. The van der Waals surface area contributed by atoms with Crippen LogP contribution in [-0.4, -0.2) is 33.0 Å². The fourth-order valence-corrected chi connectivity index (χ4v) is 4.09. The van der Waals surface area contributed by atoms with E-state index < -0.39 is 0 Å². The number of pyridine rings is 1. The van der Waals surface area contributed by atoms with Crippen molar-refractivity contribution in [3.63, 3.8) is 0 Å². The van der Waals surface area contributed by atoms with Gasteiger partial charge in [0.05, 0.1) is 18.1 Å². The minimum atomic E-state index is -0.371. The number of hydrogen-bond donors (Lipinski definition) is 2. The van der Waals surface area contributed by atoms with Crippen molar-refractivity contribution in [2.24, 2.45) is 0 Å². The van der Waals surface area contributed by atoms with Crippen LogP contribution in [0.5, 0.6) is 0 Å². The number of thiophene rings is 1. The van der Waals surface area contributed by atoms with E-state index in [4.69, 9.17) is 11.6 Å². The SMILES string of the molecule is O=C(CNC(=O)c1sc2ccccc2c1Cl)NCc1nnc2ccccn12. The number of carbonyl (C=O) groups excluding carboxylic acids is 2. The van der Waals surface area contributed by atoms with Crippen molar-refractivity contribution in [1.82, 2.24) is 25.2 Å². The van der Waals surface area contributed by atoms with E-state index in [2.05, 4.69) is 20.8 Å². The van der Waals surface area contributed by atoms with Crippen molar-refractivity contribution in [3.8, 4) is 0 Å². The highest BCUT2D eigenvalue weighted by Gasteiger charge is 2.17. The lowest BCUT2D eigenvalue weighted by Gasteiger charge is -2.06. The molecule has 2 amide bonds. The molecule has 0 radical (unpaired) electrons. The summed E-state index contributed by atoms with van der Waals surface area (Å²) in [7, 11) is 0. The van der Waals surface area contributed by atoms with Crippen LogP contribution in [-0.2, 0) is 11.3 Å². The van der Waals surface area contributed by atoms with Crippen LogP contribution in [0.2, 0.25) is 5.02 Å². The van der Waals surface area contributed by atoms with E-state index in [0.717, 1.165) is 10.1 Å². The number of benzene rings is 1. The van der Waals surface area contributed by atoms with Crippen molar-refractivity contribution in [2.45, 2.75) is 6.54 Å². The van der Waals surface area contributed by atoms with E-state index in [0.29, 0.717) is 21.4 Å². The maximum atomic E-state index is 12.4. The summed E-state index contributed by atoms with van der Waals surface area (Å²) in [5, 5.41) is 14.6. The lowest BCUT2D eigenvalue weighted by molar-refractivity contribution is -0.120. The van der Waals surface area contributed by atoms with E-state index in [9.17, 15) is 9.59 Å². The standard InChI is InChI=1S/C18H14ClN5O2S/c19-16-11-5-1-2-6-12(11)27-17(16)18(26)21-10-15(25)20-9-14-23-22-13-7-3-4-8-24(13)14/h1-8H,9-10H2,(H,20,25)(H,21,26). The van der Waals surface area contributed by atoms with Gasteiger partial charge in [0.15, 0.2) is 11.5 Å². The number of halogens is 1. The van der Waals surface area contributed by atoms with E-state index in [-0.39, 0.29) is 24.9 Å². The van der Waals surface area contributed by atoms with Crippen LogP contribution >= 0.6 is 22.9 Å². The van der Waals surface area contributed by atoms with Crippen LogP contribution in [0, 0.1) is 0 Å². The average molecular weight is 400 g/mol. The first-order chi connectivity index (χ1) is 13.1. The van der Waals surface area contributed by atoms with Gasteiger partial charge in [0.2, 0.25) is 5.91 Å². The number of nitrogens with zero attached hydrogens (tertiary/aromatic N) is 3. The fraction of sp³-hybridized carbons (Fsp3) is 0.111. The molecule has 0 aliphatic heterocycles. The van der Waals surface area contributed by atoms with Gasteiger partial charge in [0.1, 0.15) is 4.88 Å². The van der Waals surface area contributed by atoms with Gasteiger partial charge in [0.25, 0.3) is 5.91 Å². The fourth-order valence-electron chi connectivity index (χ4n) is 2.65. The second-order valence-corrected chi connectivity index (χ2v) is 7.18. The third-order valence-electron chi connectivity index (χ3n) is 3.98. The van der Waals surface area contributed by atoms with Crippen molar-refractivity contribution < 1.29 is 9.59 Å². The van der Waals surface area contributed by atoms with Crippen molar-refractivity contribution in [1.29, 1.82) is 0 Å². The lowest BCUT2D eigenvalue weighted by Crippen LogP contribution is -2.36. The number of fused-ring (bicyclic) bond motifs is 2. The highest BCUT2D eigenvalue weighted by Crippen LogP contribution is 2.34. The Balaban J connectivity index is 1.36. The van der Waals surface area contributed by atoms with Crippen LogP contribution in [0.15, 0.2) is 48.7 Å². The maximum absolute atomic E-state index is 12.4. The molecular weight excluding hydrogens is 386 g/mol. The van der Waals surface area contributed by atoms with Gasteiger partial charge >= 0.3 is 0 Å². The monoisotopic (exact) mass is 399 g/mol. The molecular formula is C18H14ClN5O2S. The molecule has 9 heteroatoms. The number of hydrogen-bond acceptors (Lipinski definition) is 5. The predicted octanol–water partition coefficient (Wildman–Crippen LogP) is 2.64. The van der Waals surface area contributed by atoms with E-state index in [1.54, 1.807) is 4.40 Å². The van der Waals surface area contributed by atoms with E-state index in [1.165, 1.54) is 11.3 Å². The molecule has 27 heavy (non-hydrogen) atoms. The number of carbonyl (C=O) groups is 2. The molecule has 0 aliphatic rings. The Morgan fingerprint density at radius 3 is 2.74 bits per heavy atom. The number of nitrogens with one attached hydrogen (secondary N) is 2. The van der Waals surface area contributed by atoms with Gasteiger partial charge in [-0.25, -0.2) is 0 Å². The van der Waals surface area contributed by atoms with Crippen LogP contribution < -0.4 is 10.6 Å². The van der Waals surface area contributed by atoms with Crippen LogP contribution in [0.3, 0.4) is 0 Å². The summed E-state index contributed by atoms with van der Waals surface area (Å²) in [5.41, 5.74) is 0.703. The van der Waals surface area contributed by atoms with Gasteiger partial charge < -0.3 is 10.6 Å². The molecule has 3 aromatic heterocycles. The van der Waals surface area contributed by atoms with Gasteiger partial charge in [-0.15, -0.1) is 21.5 Å². The second-order valence-electron chi connectivity index (χ2n) is 5.75. The summed E-state index contributed by atoms with van der Waals surface area (Å²) in [6.45, 7) is 0.0592. The van der Waals surface area contributed by atoms with Crippen LogP contribution in [0.4, 0.5) is 0 Å². The maximum Gasteiger partial charge on any atom is 0.263 e. The van der Waals surface area contributed by atoms with Crippen molar-refractivity contribution in [3.05, 3.63) is 64.4 Å². The first-order valence-electron chi connectivity index (χ1n) is 8.14. The molecule has 7 nitrogen and oxygen atoms in total. The van der Waals surface area contributed by atoms with Crippen molar-refractivity contribution >= 4 is 50.5 Å². The quantitative estimate of drug-likeness (QED) is 0.540. The largest absolute Gasteiger partial charge is 0.347 e. The van der Waals surface area contributed by atoms with Gasteiger partial charge in [-0.1, -0.05) is 35.9 Å². The first-order valence-corrected chi connectivity index (χ1v) is 9.33. The Morgan fingerprint density at radius 2 is 1.89 bits per heavy atom. The molecule has 1 aromatic carbocycles. The van der Waals surface area contributed by atoms with E-state index >= 15 is 0 Å². The molecule has 0 aliphatic carbocycles. The normalized spacial score (nSPS) is 11.0. The van der Waals surface area contributed by atoms with Crippen LogP contribution in [0.25, 0.3) is 15.7 Å². The molecule has 3 heterocycles. The molecule has 0 atom stereocenters.